The fourth-order valence-electron chi connectivity index (χ4n) is 1.43. The van der Waals surface area contributed by atoms with Crippen LogP contribution in [0.2, 0.25) is 0 Å². The molecule has 5 nitrogen and oxygen atoms in total. The lowest BCUT2D eigenvalue weighted by Gasteiger charge is -2.34. The van der Waals surface area contributed by atoms with E-state index in [0.29, 0.717) is 17.9 Å². The van der Waals surface area contributed by atoms with Gasteiger partial charge in [0.2, 0.25) is 11.9 Å². The Morgan fingerprint density at radius 3 is 2.85 bits per heavy atom. The van der Waals surface area contributed by atoms with Crippen LogP contribution < -0.4 is 11.1 Å². The minimum atomic E-state index is 0.268. The zero-order valence-corrected chi connectivity index (χ0v) is 7.57. The Morgan fingerprint density at radius 1 is 1.46 bits per heavy atom. The molecule has 2 unspecified atom stereocenters. The third-order valence-corrected chi connectivity index (χ3v) is 2.52. The van der Waals surface area contributed by atoms with Gasteiger partial charge in [-0.1, -0.05) is 6.92 Å². The topological polar surface area (TPSA) is 76.7 Å². The van der Waals surface area contributed by atoms with Crippen molar-refractivity contribution in [2.75, 3.05) is 11.1 Å². The van der Waals surface area contributed by atoms with Crippen molar-refractivity contribution in [3.63, 3.8) is 0 Å². The van der Waals surface area contributed by atoms with Gasteiger partial charge in [0, 0.05) is 6.04 Å². The van der Waals surface area contributed by atoms with Crippen LogP contribution in [0.5, 0.6) is 0 Å². The van der Waals surface area contributed by atoms with Crippen LogP contribution in [-0.2, 0) is 0 Å². The number of nitrogens with zero attached hydrogens (tertiary/aromatic N) is 3. The normalized spacial score (nSPS) is 26.5. The Bertz CT molecular complexity index is 300. The molecule has 3 N–H and O–H groups in total. The molecule has 2 rings (SSSR count). The zero-order chi connectivity index (χ0) is 9.26. The second-order valence-corrected chi connectivity index (χ2v) is 3.47. The van der Waals surface area contributed by atoms with E-state index < -0.39 is 0 Å². The van der Waals surface area contributed by atoms with Crippen molar-refractivity contribution in [2.45, 2.75) is 25.8 Å². The first-order valence-corrected chi connectivity index (χ1v) is 4.47. The van der Waals surface area contributed by atoms with Gasteiger partial charge in [0.15, 0.2) is 0 Å². The highest BCUT2D eigenvalue weighted by Crippen LogP contribution is 2.28. The quantitative estimate of drug-likeness (QED) is 0.697. The molecule has 0 saturated heterocycles. The first kappa shape index (κ1) is 8.22. The van der Waals surface area contributed by atoms with Crippen LogP contribution in [0.4, 0.5) is 11.9 Å². The van der Waals surface area contributed by atoms with E-state index in [2.05, 4.69) is 27.2 Å². The van der Waals surface area contributed by atoms with Crippen molar-refractivity contribution in [2.24, 2.45) is 5.92 Å². The molecule has 0 amide bonds. The molecule has 1 saturated carbocycles. The number of hydrogen-bond acceptors (Lipinski definition) is 5. The molecule has 1 aromatic rings. The van der Waals surface area contributed by atoms with E-state index in [9.17, 15) is 0 Å². The molecule has 2 atom stereocenters. The molecule has 1 aliphatic carbocycles. The third-order valence-electron chi connectivity index (χ3n) is 2.52. The summed E-state index contributed by atoms with van der Waals surface area (Å²) >= 11 is 0. The molecule has 1 aliphatic rings. The van der Waals surface area contributed by atoms with E-state index in [1.807, 2.05) is 0 Å². The van der Waals surface area contributed by atoms with Gasteiger partial charge in [0.05, 0.1) is 0 Å². The van der Waals surface area contributed by atoms with Gasteiger partial charge in [-0.2, -0.15) is 4.98 Å². The number of nitrogen functional groups attached to an aromatic ring is 1. The van der Waals surface area contributed by atoms with Crippen LogP contribution in [0, 0.1) is 5.92 Å². The minimum Gasteiger partial charge on any atom is -0.368 e. The van der Waals surface area contributed by atoms with Crippen molar-refractivity contribution in [1.82, 2.24) is 15.0 Å². The summed E-state index contributed by atoms with van der Waals surface area (Å²) < 4.78 is 0. The lowest BCUT2D eigenvalue weighted by atomic mass is 9.81. The molecule has 70 valence electrons. The highest BCUT2D eigenvalue weighted by Gasteiger charge is 2.26. The van der Waals surface area contributed by atoms with Crippen molar-refractivity contribution < 1.29 is 0 Å². The van der Waals surface area contributed by atoms with Gasteiger partial charge in [0.1, 0.15) is 6.33 Å². The summed E-state index contributed by atoms with van der Waals surface area (Å²) in [6.07, 6.45) is 3.89. The first-order valence-electron chi connectivity index (χ1n) is 4.47. The van der Waals surface area contributed by atoms with Gasteiger partial charge in [-0.3, -0.25) is 0 Å². The van der Waals surface area contributed by atoms with Crippen LogP contribution in [-0.4, -0.2) is 21.0 Å². The average molecular weight is 179 g/mol. The van der Waals surface area contributed by atoms with Crippen LogP contribution in [0.1, 0.15) is 19.8 Å². The molecule has 0 bridgehead atoms. The highest BCUT2D eigenvalue weighted by atomic mass is 15.2. The smallest absolute Gasteiger partial charge is 0.227 e. The predicted octanol–water partition coefficient (Wildman–Crippen LogP) is 0.664. The van der Waals surface area contributed by atoms with E-state index in [0.717, 1.165) is 0 Å². The third kappa shape index (κ3) is 1.68. The number of nitrogens with one attached hydrogen (secondary N) is 1. The van der Waals surface area contributed by atoms with Crippen molar-refractivity contribution in [1.29, 1.82) is 0 Å². The molecule has 0 aromatic carbocycles. The van der Waals surface area contributed by atoms with Crippen molar-refractivity contribution in [3.8, 4) is 0 Å². The van der Waals surface area contributed by atoms with Gasteiger partial charge in [-0.15, -0.1) is 0 Å². The zero-order valence-electron chi connectivity index (χ0n) is 7.57. The second kappa shape index (κ2) is 3.16. The van der Waals surface area contributed by atoms with E-state index in [1.165, 1.54) is 19.2 Å². The van der Waals surface area contributed by atoms with Crippen LogP contribution in [0.3, 0.4) is 0 Å². The molecular formula is C8H13N5. The molecule has 5 heteroatoms. The van der Waals surface area contributed by atoms with Crippen LogP contribution >= 0.6 is 0 Å². The highest BCUT2D eigenvalue weighted by molar-refractivity contribution is 5.31. The van der Waals surface area contributed by atoms with E-state index in [1.54, 1.807) is 0 Å². The summed E-state index contributed by atoms with van der Waals surface area (Å²) in [5, 5.41) is 3.23. The number of rotatable bonds is 2. The number of aromatic nitrogens is 3. The maximum absolute atomic E-state index is 5.43. The fraction of sp³-hybridized carbons (Fsp3) is 0.625. The number of hydrogen-bond donors (Lipinski definition) is 2. The molecule has 1 fully saturated rings. The average Bonchev–Trinajstić information content (AvgIpc) is 2.12. The molecule has 1 aromatic heterocycles. The van der Waals surface area contributed by atoms with Crippen molar-refractivity contribution >= 4 is 11.9 Å². The Hall–Kier alpha value is -1.39. The van der Waals surface area contributed by atoms with E-state index >= 15 is 0 Å². The van der Waals surface area contributed by atoms with Gasteiger partial charge in [-0.05, 0) is 18.8 Å². The molecule has 0 radical (unpaired) electrons. The monoisotopic (exact) mass is 179 g/mol. The SMILES string of the molecule is CC1CCC1Nc1ncnc(N)n1. The van der Waals surface area contributed by atoms with Gasteiger partial charge < -0.3 is 11.1 Å². The Labute approximate surface area is 76.8 Å². The molecule has 1 heterocycles. The summed E-state index contributed by atoms with van der Waals surface area (Å²) in [6.45, 7) is 2.21. The summed E-state index contributed by atoms with van der Waals surface area (Å²) in [5.74, 6) is 1.56. The Morgan fingerprint density at radius 2 is 2.31 bits per heavy atom. The maximum atomic E-state index is 5.43. The van der Waals surface area contributed by atoms with Gasteiger partial charge in [-0.25, -0.2) is 9.97 Å². The van der Waals surface area contributed by atoms with Crippen LogP contribution in [0.15, 0.2) is 6.33 Å². The summed E-state index contributed by atoms with van der Waals surface area (Å²) in [5.41, 5.74) is 5.43. The summed E-state index contributed by atoms with van der Waals surface area (Å²) in [6, 6.07) is 0.502. The standard InChI is InChI=1S/C8H13N5/c1-5-2-3-6(5)12-8-11-4-10-7(9)13-8/h4-6H,2-3H2,1H3,(H3,9,10,11,12,13). The predicted molar refractivity (Wildman–Crippen MR) is 50.0 cm³/mol. The Kier molecular flexibility index (Phi) is 2.00. The molecule has 0 aliphatic heterocycles. The van der Waals surface area contributed by atoms with Gasteiger partial charge >= 0.3 is 0 Å². The lowest BCUT2D eigenvalue weighted by molar-refractivity contribution is 0.302. The fourth-order valence-corrected chi connectivity index (χ4v) is 1.43. The first-order chi connectivity index (χ1) is 6.25. The van der Waals surface area contributed by atoms with Crippen LogP contribution in [0.25, 0.3) is 0 Å². The maximum Gasteiger partial charge on any atom is 0.227 e. The number of nitrogens with two attached hydrogens (primary N) is 1. The second-order valence-electron chi connectivity index (χ2n) is 3.47. The minimum absolute atomic E-state index is 0.268. The van der Waals surface area contributed by atoms with E-state index in [4.69, 9.17) is 5.73 Å². The van der Waals surface area contributed by atoms with Gasteiger partial charge in [0.25, 0.3) is 0 Å². The molecule has 0 spiro atoms. The number of anilines is 2. The Balaban J connectivity index is 2.01. The van der Waals surface area contributed by atoms with E-state index in [-0.39, 0.29) is 5.95 Å². The molecular weight excluding hydrogens is 166 g/mol. The summed E-state index contributed by atoms with van der Waals surface area (Å²) in [7, 11) is 0. The molecule has 13 heavy (non-hydrogen) atoms. The lowest BCUT2D eigenvalue weighted by Crippen LogP contribution is -2.36. The summed E-state index contributed by atoms with van der Waals surface area (Å²) in [4.78, 5) is 11.7. The largest absolute Gasteiger partial charge is 0.368 e. The van der Waals surface area contributed by atoms with Crippen molar-refractivity contribution in [3.05, 3.63) is 6.33 Å².